The zero-order chi connectivity index (χ0) is 76.5. The molecule has 0 saturated heterocycles. The molecule has 620 valence electrons. The summed E-state index contributed by atoms with van der Waals surface area (Å²) in [6.07, 6.45) is 78.3. The van der Waals surface area contributed by atoms with E-state index in [0.717, 1.165) is 126 Å². The summed E-state index contributed by atoms with van der Waals surface area (Å²) < 4.78 is 48.7. The van der Waals surface area contributed by atoms with Crippen LogP contribution in [0.15, 0.2) is 18.2 Å². The molecule has 3 aromatic rings. The van der Waals surface area contributed by atoms with Gasteiger partial charge in [-0.2, -0.15) is 13.1 Å². The van der Waals surface area contributed by atoms with E-state index < -0.39 is 6.16 Å². The standard InChI is InChI=1S/3C29H54N3OS.CH2O3.ClH/c3*1-4-6-8-10-11-12-13-14-15-16-17-18-19-23-32(3)24-21-22-27(26-32)28-29(31-34-30-28)33-25-20-9-7-5-2;2-1(3)4;/h3*22H,4-21,23-26H2,1-3H3;(H2,2,3,4);1H/q3*+1;;/p-3. The van der Waals surface area contributed by atoms with Gasteiger partial charge in [-0.15, -0.1) is 13.1 Å². The molecular formula is C88H162ClN9O6S3. The average molecular weight is 1570 g/mol. The van der Waals surface area contributed by atoms with E-state index in [2.05, 4.69) is 107 Å². The topological polar surface area (TPSA) is 168 Å². The smallest absolute Gasteiger partial charge is 0.253 e. The van der Waals surface area contributed by atoms with E-state index in [9.17, 15) is 0 Å². The number of halogens is 1. The SMILES string of the molecule is CCCCCCCCCCCCCCC[N+]1(C)CCC=C(c2nsnc2OCCCCCC)C1.CCCCCCCCCCCCCCC[N+]1(C)CCC=C(c2nsnc2OCCCCCC)C1.CCCCCCCCCCCCCCC[N+]1(C)CCC=C(c2nsnc2OCCCCCC)C1.O=C([O-])[O-].[Cl-]. The summed E-state index contributed by atoms with van der Waals surface area (Å²) in [7, 11) is 7.29. The highest BCUT2D eigenvalue weighted by atomic mass is 35.5. The fourth-order valence-electron chi connectivity index (χ4n) is 15.4. The maximum atomic E-state index is 8.33. The lowest BCUT2D eigenvalue weighted by Gasteiger charge is -2.37. The number of hydrogen-bond acceptors (Lipinski definition) is 15. The van der Waals surface area contributed by atoms with Crippen LogP contribution >= 0.6 is 35.2 Å². The van der Waals surface area contributed by atoms with Crippen LogP contribution in [0.5, 0.6) is 17.6 Å². The lowest BCUT2D eigenvalue weighted by atomic mass is 10.0. The summed E-state index contributed by atoms with van der Waals surface area (Å²) in [6, 6.07) is 0. The van der Waals surface area contributed by atoms with Crippen molar-refractivity contribution in [3.05, 3.63) is 35.3 Å². The summed E-state index contributed by atoms with van der Waals surface area (Å²) in [6.45, 7) is 26.7. The Kier molecular flexibility index (Phi) is 62.7. The van der Waals surface area contributed by atoms with E-state index in [0.29, 0.717) is 0 Å². The minimum Gasteiger partial charge on any atom is -1.00 e. The largest absolute Gasteiger partial charge is 1.00 e. The Morgan fingerprint density at radius 1 is 0.308 bits per heavy atom. The second kappa shape index (κ2) is 67.3. The molecule has 107 heavy (non-hydrogen) atoms. The number of nitrogens with zero attached hydrogens (tertiary/aromatic N) is 9. The van der Waals surface area contributed by atoms with E-state index in [1.807, 2.05) is 0 Å². The molecular weight excluding hydrogens is 1410 g/mol. The van der Waals surface area contributed by atoms with Crippen LogP contribution in [0, 0.1) is 0 Å². The van der Waals surface area contributed by atoms with Gasteiger partial charge in [-0.3, -0.25) is 0 Å². The van der Waals surface area contributed by atoms with Crippen molar-refractivity contribution in [3.63, 3.8) is 0 Å². The molecule has 15 nitrogen and oxygen atoms in total. The van der Waals surface area contributed by atoms with Crippen LogP contribution < -0.4 is 36.8 Å². The molecule has 0 spiro atoms. The van der Waals surface area contributed by atoms with Crippen LogP contribution in [-0.4, -0.2) is 146 Å². The zero-order valence-electron chi connectivity index (χ0n) is 70.5. The first-order valence-corrected chi connectivity index (χ1v) is 46.8. The molecule has 19 heteroatoms. The Morgan fingerprint density at radius 3 is 0.682 bits per heavy atom. The molecule has 0 amide bonds. The summed E-state index contributed by atoms with van der Waals surface area (Å²) >= 11 is 3.88. The minimum atomic E-state index is -2.33. The molecule has 3 aliphatic heterocycles. The number of ether oxygens (including phenoxy) is 3. The van der Waals surface area contributed by atoms with Crippen molar-refractivity contribution in [2.75, 3.05) is 99.9 Å². The molecule has 0 bridgehead atoms. The van der Waals surface area contributed by atoms with Crippen molar-refractivity contribution in [2.24, 2.45) is 0 Å². The quantitative estimate of drug-likeness (QED) is 0.0388. The van der Waals surface area contributed by atoms with Crippen molar-refractivity contribution in [2.45, 2.75) is 388 Å². The van der Waals surface area contributed by atoms with Crippen molar-refractivity contribution in [1.82, 2.24) is 26.2 Å². The van der Waals surface area contributed by atoms with Gasteiger partial charge < -0.3 is 55.1 Å². The molecule has 3 atom stereocenters. The van der Waals surface area contributed by atoms with E-state index in [-0.39, 0.29) is 12.4 Å². The van der Waals surface area contributed by atoms with Gasteiger partial charge in [0.15, 0.2) is 0 Å². The van der Waals surface area contributed by atoms with Crippen molar-refractivity contribution < 1.29 is 55.1 Å². The molecule has 6 heterocycles. The molecule has 3 aromatic heterocycles. The molecule has 0 aliphatic carbocycles. The third kappa shape index (κ3) is 50.5. The summed E-state index contributed by atoms with van der Waals surface area (Å²) in [5.41, 5.74) is 7.07. The van der Waals surface area contributed by atoms with Gasteiger partial charge in [-0.25, -0.2) is 0 Å². The molecule has 6 rings (SSSR count). The maximum absolute atomic E-state index is 8.33. The van der Waals surface area contributed by atoms with Gasteiger partial charge in [0.05, 0.1) is 115 Å². The molecule has 0 fully saturated rings. The number of hydrogen-bond donors (Lipinski definition) is 0. The van der Waals surface area contributed by atoms with Gasteiger partial charge in [0.25, 0.3) is 17.6 Å². The highest BCUT2D eigenvalue weighted by Crippen LogP contribution is 2.34. The van der Waals surface area contributed by atoms with Crippen LogP contribution in [0.25, 0.3) is 16.7 Å². The second-order valence-corrected chi connectivity index (χ2v) is 34.3. The number of likely N-dealkylation sites (N-methyl/N-ethyl adjacent to an activating group) is 3. The van der Waals surface area contributed by atoms with Crippen molar-refractivity contribution in [1.29, 1.82) is 0 Å². The first-order chi connectivity index (χ1) is 51.8. The number of rotatable bonds is 63. The number of aromatic nitrogens is 6. The van der Waals surface area contributed by atoms with Gasteiger partial charge >= 0.3 is 0 Å². The third-order valence-corrected chi connectivity index (χ3v) is 23.8. The Hall–Kier alpha value is -3.26. The van der Waals surface area contributed by atoms with Gasteiger partial charge in [0, 0.05) is 36.0 Å². The van der Waals surface area contributed by atoms with Crippen LogP contribution in [0.3, 0.4) is 0 Å². The maximum Gasteiger partial charge on any atom is 0.253 e. The van der Waals surface area contributed by atoms with E-state index in [1.54, 1.807) is 0 Å². The monoisotopic (exact) mass is 1570 g/mol. The Bertz CT molecular complexity index is 2370. The van der Waals surface area contributed by atoms with E-state index in [4.69, 9.17) is 29.2 Å². The Balaban J connectivity index is 0.000000528. The first-order valence-electron chi connectivity index (χ1n) is 44.6. The second-order valence-electron chi connectivity index (χ2n) is 32.7. The Labute approximate surface area is 676 Å². The first kappa shape index (κ1) is 99.8. The van der Waals surface area contributed by atoms with Gasteiger partial charge in [0.1, 0.15) is 36.7 Å². The summed E-state index contributed by atoms with van der Waals surface area (Å²) in [5, 5.41) is 16.7. The fraction of sp³-hybridized carbons (Fsp3) is 0.852. The van der Waals surface area contributed by atoms with E-state index in [1.165, 1.54) is 399 Å². The highest BCUT2D eigenvalue weighted by molar-refractivity contribution is 6.99. The lowest BCUT2D eigenvalue weighted by Crippen LogP contribution is -3.00. The van der Waals surface area contributed by atoms with Crippen molar-refractivity contribution in [3.8, 4) is 17.6 Å². The summed E-state index contributed by atoms with van der Waals surface area (Å²) in [5.74, 6) is 2.30. The van der Waals surface area contributed by atoms with Crippen LogP contribution in [-0.2, 0) is 0 Å². The molecule has 3 aliphatic rings. The lowest BCUT2D eigenvalue weighted by molar-refractivity contribution is -0.903. The number of carboxylic acid groups (broad SMARTS) is 2. The van der Waals surface area contributed by atoms with Crippen molar-refractivity contribution >= 4 is 58.1 Å². The predicted octanol–water partition coefficient (Wildman–Crippen LogP) is 21.0. The van der Waals surface area contributed by atoms with Gasteiger partial charge in [-0.1, -0.05) is 329 Å². The molecule has 0 saturated carbocycles. The van der Waals surface area contributed by atoms with Gasteiger partial charge in [-0.05, 0) is 63.9 Å². The van der Waals surface area contributed by atoms with Crippen LogP contribution in [0.4, 0.5) is 4.79 Å². The number of unbranched alkanes of at least 4 members (excludes halogenated alkanes) is 45. The third-order valence-electron chi connectivity index (χ3n) is 22.2. The zero-order valence-corrected chi connectivity index (χ0v) is 73.7. The molecule has 0 radical (unpaired) electrons. The normalized spacial score (nSPS) is 17.6. The van der Waals surface area contributed by atoms with Crippen LogP contribution in [0.2, 0.25) is 0 Å². The molecule has 0 N–H and O–H groups in total. The fourth-order valence-corrected chi connectivity index (χ4v) is 17.0. The Morgan fingerprint density at radius 2 is 0.486 bits per heavy atom. The van der Waals surface area contributed by atoms with E-state index >= 15 is 0 Å². The predicted molar refractivity (Wildman–Crippen MR) is 451 cm³/mol. The summed E-state index contributed by atoms with van der Waals surface area (Å²) in [4.78, 5) is 8.33. The highest BCUT2D eigenvalue weighted by Gasteiger charge is 2.33. The van der Waals surface area contributed by atoms with Crippen LogP contribution in [0.1, 0.15) is 405 Å². The molecule has 0 aromatic carbocycles. The van der Waals surface area contributed by atoms with Gasteiger partial charge in [0.2, 0.25) is 0 Å². The minimum absolute atomic E-state index is 0. The number of carbonyl (C=O) groups is 1. The number of quaternary nitrogens is 3. The molecule has 3 unspecified atom stereocenters. The average Bonchev–Trinajstić information content (AvgIpc) is 1.80. The number of carbonyl (C=O) groups excluding carboxylic acids is 1.